The van der Waals surface area contributed by atoms with Gasteiger partial charge in [-0.25, -0.2) is 4.57 Å². The lowest BCUT2D eigenvalue weighted by atomic mass is 9.87. The lowest BCUT2D eigenvalue weighted by Crippen LogP contribution is -2.10. The number of aliphatic hydroxyl groups excluding tert-OH is 1. The van der Waals surface area contributed by atoms with Gasteiger partial charge in [0.15, 0.2) is 0 Å². The normalized spacial score (nSPS) is 11.5. The summed E-state index contributed by atoms with van der Waals surface area (Å²) in [6, 6.07) is 8.01. The summed E-state index contributed by atoms with van der Waals surface area (Å²) in [5.74, 6) is 0.812. The fourth-order valence-corrected chi connectivity index (χ4v) is 1.21. The Balaban J connectivity index is 0.000000555. The predicted molar refractivity (Wildman–Crippen MR) is 72.0 cm³/mol. The third-order valence-electron chi connectivity index (χ3n) is 2.08. The van der Waals surface area contributed by atoms with Gasteiger partial charge in [0.2, 0.25) is 0 Å². The Bertz CT molecular complexity index is 395. The summed E-state index contributed by atoms with van der Waals surface area (Å²) in [6.45, 7) is 6.94. The van der Waals surface area contributed by atoms with E-state index in [0.717, 1.165) is 5.75 Å². The Morgan fingerprint density at radius 2 is 1.53 bits per heavy atom. The molecule has 6 nitrogen and oxygen atoms in total. The second kappa shape index (κ2) is 7.62. The first-order chi connectivity index (χ1) is 8.54. The molecule has 0 saturated heterocycles. The van der Waals surface area contributed by atoms with Crippen LogP contribution >= 0.6 is 7.82 Å². The fourth-order valence-electron chi connectivity index (χ4n) is 1.21. The van der Waals surface area contributed by atoms with Gasteiger partial charge in [0.1, 0.15) is 12.4 Å². The first-order valence-electron chi connectivity index (χ1n) is 5.66. The summed E-state index contributed by atoms with van der Waals surface area (Å²) < 4.78 is 14.2. The molecule has 1 rings (SSSR count). The minimum absolute atomic E-state index is 0.0566. The van der Waals surface area contributed by atoms with Gasteiger partial charge in [-0.05, 0) is 23.1 Å². The zero-order valence-electron chi connectivity index (χ0n) is 11.3. The molecule has 0 aliphatic rings. The van der Waals surface area contributed by atoms with Crippen molar-refractivity contribution in [3.05, 3.63) is 29.8 Å². The van der Waals surface area contributed by atoms with Crippen LogP contribution in [0.5, 0.6) is 5.75 Å². The van der Waals surface area contributed by atoms with Crippen LogP contribution in [0.1, 0.15) is 26.3 Å². The third-order valence-corrected chi connectivity index (χ3v) is 2.08. The molecule has 0 aliphatic heterocycles. The van der Waals surface area contributed by atoms with Gasteiger partial charge >= 0.3 is 7.82 Å². The Morgan fingerprint density at radius 3 is 1.84 bits per heavy atom. The average molecular weight is 292 g/mol. The van der Waals surface area contributed by atoms with E-state index in [-0.39, 0.29) is 12.0 Å². The standard InChI is InChI=1S/C12H18O2.H3O4P/c1-12(2,3)10-4-6-11(7-5-10)14-9-8-13;1-5(2,3)4/h4-7,13H,8-9H2,1-3H3;(H3,1,2,3,4). The zero-order valence-corrected chi connectivity index (χ0v) is 12.2. The topological polar surface area (TPSA) is 107 Å². The number of benzene rings is 1. The molecule has 0 aromatic heterocycles. The smallest absolute Gasteiger partial charge is 0.466 e. The van der Waals surface area contributed by atoms with Gasteiger partial charge in [-0.3, -0.25) is 0 Å². The Hall–Kier alpha value is -0.910. The molecule has 4 N–H and O–H groups in total. The van der Waals surface area contributed by atoms with E-state index in [1.807, 2.05) is 12.1 Å². The Kier molecular flexibility index (Phi) is 7.26. The van der Waals surface area contributed by atoms with Crippen LogP contribution in [0.2, 0.25) is 0 Å². The van der Waals surface area contributed by atoms with Gasteiger partial charge in [0.05, 0.1) is 6.61 Å². The number of aliphatic hydroxyl groups is 1. The van der Waals surface area contributed by atoms with Crippen LogP contribution < -0.4 is 4.74 Å². The molecule has 110 valence electrons. The first-order valence-corrected chi connectivity index (χ1v) is 7.23. The van der Waals surface area contributed by atoms with Gasteiger partial charge in [-0.15, -0.1) is 0 Å². The summed E-state index contributed by atoms with van der Waals surface area (Å²) in [4.78, 5) is 21.6. The number of phosphoric acid groups is 1. The predicted octanol–water partition coefficient (Wildman–Crippen LogP) is 1.43. The Labute approximate surface area is 112 Å². The molecule has 0 aliphatic carbocycles. The van der Waals surface area contributed by atoms with Crippen molar-refractivity contribution in [3.63, 3.8) is 0 Å². The maximum absolute atomic E-state index is 8.88. The highest BCUT2D eigenvalue weighted by Crippen LogP contribution is 2.26. The minimum Gasteiger partial charge on any atom is -0.491 e. The molecule has 0 bridgehead atoms. The van der Waals surface area contributed by atoms with Gasteiger partial charge < -0.3 is 24.5 Å². The van der Waals surface area contributed by atoms with E-state index in [1.54, 1.807) is 0 Å². The quantitative estimate of drug-likeness (QED) is 0.628. The molecule has 19 heavy (non-hydrogen) atoms. The van der Waals surface area contributed by atoms with Gasteiger partial charge in [-0.1, -0.05) is 32.9 Å². The van der Waals surface area contributed by atoms with Crippen LogP contribution in [-0.4, -0.2) is 33.0 Å². The van der Waals surface area contributed by atoms with Crippen LogP contribution in [0, 0.1) is 0 Å². The number of rotatable bonds is 3. The van der Waals surface area contributed by atoms with Crippen molar-refractivity contribution in [2.24, 2.45) is 0 Å². The van der Waals surface area contributed by atoms with Crippen LogP contribution in [0.15, 0.2) is 24.3 Å². The average Bonchev–Trinajstić information content (AvgIpc) is 2.23. The number of hydrogen-bond donors (Lipinski definition) is 4. The molecule has 0 atom stereocenters. The lowest BCUT2D eigenvalue weighted by molar-refractivity contribution is 0.201. The van der Waals surface area contributed by atoms with E-state index in [1.165, 1.54) is 5.56 Å². The summed E-state index contributed by atoms with van der Waals surface area (Å²) in [5, 5.41) is 8.59. The highest BCUT2D eigenvalue weighted by molar-refractivity contribution is 7.45. The summed E-state index contributed by atoms with van der Waals surface area (Å²) in [6.07, 6.45) is 0. The molecule has 1 aromatic carbocycles. The van der Waals surface area contributed by atoms with Crippen molar-refractivity contribution in [3.8, 4) is 5.75 Å². The van der Waals surface area contributed by atoms with Crippen molar-refractivity contribution >= 4 is 7.82 Å². The molecule has 0 heterocycles. The van der Waals surface area contributed by atoms with E-state index in [0.29, 0.717) is 6.61 Å². The molecule has 0 radical (unpaired) electrons. The van der Waals surface area contributed by atoms with Crippen molar-refractivity contribution in [2.45, 2.75) is 26.2 Å². The molecular formula is C12H21O6P. The summed E-state index contributed by atoms with van der Waals surface area (Å²) >= 11 is 0. The van der Waals surface area contributed by atoms with E-state index in [9.17, 15) is 0 Å². The van der Waals surface area contributed by atoms with Crippen LogP contribution in [0.3, 0.4) is 0 Å². The highest BCUT2D eigenvalue weighted by Gasteiger charge is 2.12. The van der Waals surface area contributed by atoms with Crippen LogP contribution in [0.25, 0.3) is 0 Å². The molecule has 7 heteroatoms. The number of ether oxygens (including phenoxy) is 1. The summed E-state index contributed by atoms with van der Waals surface area (Å²) in [7, 11) is -4.64. The van der Waals surface area contributed by atoms with E-state index in [2.05, 4.69) is 32.9 Å². The van der Waals surface area contributed by atoms with E-state index < -0.39 is 7.82 Å². The van der Waals surface area contributed by atoms with Gasteiger partial charge in [-0.2, -0.15) is 0 Å². The largest absolute Gasteiger partial charge is 0.491 e. The maximum Gasteiger partial charge on any atom is 0.466 e. The maximum atomic E-state index is 8.88. The molecule has 0 saturated carbocycles. The monoisotopic (exact) mass is 292 g/mol. The SMILES string of the molecule is CC(C)(C)c1ccc(OCCO)cc1.O=P(O)(O)O. The number of hydrogen-bond acceptors (Lipinski definition) is 3. The second-order valence-electron chi connectivity index (χ2n) is 4.86. The zero-order chi connectivity index (χ0) is 15.1. The van der Waals surface area contributed by atoms with Crippen molar-refractivity contribution in [1.82, 2.24) is 0 Å². The molecule has 0 unspecified atom stereocenters. The lowest BCUT2D eigenvalue weighted by Gasteiger charge is -2.19. The summed E-state index contributed by atoms with van der Waals surface area (Å²) in [5.41, 5.74) is 1.46. The molecule has 1 aromatic rings. The highest BCUT2D eigenvalue weighted by atomic mass is 31.2. The second-order valence-corrected chi connectivity index (χ2v) is 5.89. The molecular weight excluding hydrogens is 271 g/mol. The molecule has 0 amide bonds. The molecule has 0 fully saturated rings. The van der Waals surface area contributed by atoms with E-state index in [4.69, 9.17) is 29.1 Å². The third kappa shape index (κ3) is 10.7. The van der Waals surface area contributed by atoms with E-state index >= 15 is 0 Å². The fraction of sp³-hybridized carbons (Fsp3) is 0.500. The Morgan fingerprint density at radius 1 is 1.11 bits per heavy atom. The van der Waals surface area contributed by atoms with Crippen molar-refractivity contribution in [2.75, 3.05) is 13.2 Å². The van der Waals surface area contributed by atoms with Crippen molar-refractivity contribution in [1.29, 1.82) is 0 Å². The van der Waals surface area contributed by atoms with Gasteiger partial charge in [0.25, 0.3) is 0 Å². The van der Waals surface area contributed by atoms with Crippen LogP contribution in [-0.2, 0) is 9.98 Å². The van der Waals surface area contributed by atoms with Crippen molar-refractivity contribution < 1.29 is 29.1 Å². The van der Waals surface area contributed by atoms with Gasteiger partial charge in [0, 0.05) is 0 Å². The minimum atomic E-state index is -4.64. The van der Waals surface area contributed by atoms with Crippen LogP contribution in [0.4, 0.5) is 0 Å². The first kappa shape index (κ1) is 18.1. The molecule has 0 spiro atoms.